The van der Waals surface area contributed by atoms with E-state index >= 15 is 0 Å². The van der Waals surface area contributed by atoms with Crippen LogP contribution in [0, 0.1) is 0 Å². The average molecular weight is 350 g/mol. The molecule has 0 bridgehead atoms. The number of hydrogen-bond donors (Lipinski definition) is 0. The summed E-state index contributed by atoms with van der Waals surface area (Å²) in [5, 5.41) is 5.62. The highest BCUT2D eigenvalue weighted by Crippen LogP contribution is 2.27. The Balaban J connectivity index is 1.84. The van der Waals surface area contributed by atoms with Crippen LogP contribution in [-0.4, -0.2) is 14.8 Å². The van der Waals surface area contributed by atoms with Crippen molar-refractivity contribution < 1.29 is 0 Å². The van der Waals surface area contributed by atoms with E-state index in [4.69, 9.17) is 0 Å². The number of hydrogen-bond acceptors (Lipinski definition) is 2. The molecular formula is C18H12BrN3. The van der Waals surface area contributed by atoms with E-state index in [1.54, 1.807) is 12.4 Å². The fraction of sp³-hybridized carbons (Fsp3) is 0. The molecule has 0 spiro atoms. The minimum Gasteiger partial charge on any atom is -0.265 e. The van der Waals surface area contributed by atoms with E-state index in [9.17, 15) is 0 Å². The van der Waals surface area contributed by atoms with Crippen LogP contribution in [0.4, 0.5) is 0 Å². The molecule has 22 heavy (non-hydrogen) atoms. The third-order valence-electron chi connectivity index (χ3n) is 3.63. The fourth-order valence-electron chi connectivity index (χ4n) is 2.57. The molecule has 4 rings (SSSR count). The lowest BCUT2D eigenvalue weighted by molar-refractivity contribution is 0.907. The van der Waals surface area contributed by atoms with Gasteiger partial charge in [-0.2, -0.15) is 5.10 Å². The molecule has 0 N–H and O–H groups in total. The lowest BCUT2D eigenvalue weighted by Gasteiger charge is -2.05. The van der Waals surface area contributed by atoms with Gasteiger partial charge in [0.25, 0.3) is 0 Å². The maximum Gasteiger partial charge on any atom is 0.0741 e. The van der Waals surface area contributed by atoms with Crippen LogP contribution in [0.1, 0.15) is 0 Å². The second-order valence-electron chi connectivity index (χ2n) is 5.05. The van der Waals surface area contributed by atoms with E-state index in [1.807, 2.05) is 35.1 Å². The maximum absolute atomic E-state index is 4.50. The molecule has 2 aromatic carbocycles. The van der Waals surface area contributed by atoms with Crippen molar-refractivity contribution in [2.75, 3.05) is 0 Å². The molecule has 4 aromatic rings. The largest absolute Gasteiger partial charge is 0.265 e. The molecule has 0 radical (unpaired) electrons. The minimum absolute atomic E-state index is 1.01. The second-order valence-corrected chi connectivity index (χ2v) is 5.96. The summed E-state index contributed by atoms with van der Waals surface area (Å²) in [7, 11) is 0. The summed E-state index contributed by atoms with van der Waals surface area (Å²) in [6.45, 7) is 0. The molecule has 2 heterocycles. The van der Waals surface area contributed by atoms with E-state index in [0.29, 0.717) is 0 Å². The van der Waals surface area contributed by atoms with E-state index in [1.165, 1.54) is 11.1 Å². The van der Waals surface area contributed by atoms with Gasteiger partial charge in [-0.15, -0.1) is 0 Å². The first-order chi connectivity index (χ1) is 10.8. The fourth-order valence-corrected chi connectivity index (χ4v) is 2.97. The lowest BCUT2D eigenvalue weighted by Crippen LogP contribution is -1.95. The Morgan fingerprint density at radius 3 is 2.50 bits per heavy atom. The monoisotopic (exact) mass is 349 g/mol. The van der Waals surface area contributed by atoms with Gasteiger partial charge in [0, 0.05) is 22.3 Å². The van der Waals surface area contributed by atoms with Crippen molar-refractivity contribution in [2.45, 2.75) is 0 Å². The number of aromatic nitrogens is 3. The summed E-state index contributed by atoms with van der Waals surface area (Å²) in [5.74, 6) is 0. The van der Waals surface area contributed by atoms with Crippen molar-refractivity contribution in [1.29, 1.82) is 0 Å². The summed E-state index contributed by atoms with van der Waals surface area (Å²) in [6.07, 6.45) is 5.45. The molecule has 0 amide bonds. The molecule has 0 saturated carbocycles. The number of benzene rings is 2. The normalized spacial score (nSPS) is 11.0. The van der Waals surface area contributed by atoms with Crippen molar-refractivity contribution in [3.8, 4) is 16.8 Å². The van der Waals surface area contributed by atoms with Gasteiger partial charge in [0.05, 0.1) is 17.4 Å². The third kappa shape index (κ3) is 2.31. The molecule has 0 atom stereocenters. The first-order valence-corrected chi connectivity index (χ1v) is 7.75. The number of halogens is 1. The highest BCUT2D eigenvalue weighted by atomic mass is 79.9. The second kappa shape index (κ2) is 5.39. The molecule has 0 aliphatic carbocycles. The van der Waals surface area contributed by atoms with E-state index in [2.05, 4.69) is 56.3 Å². The summed E-state index contributed by atoms with van der Waals surface area (Å²) in [5.41, 5.74) is 4.47. The zero-order valence-electron chi connectivity index (χ0n) is 11.6. The Morgan fingerprint density at radius 2 is 1.68 bits per heavy atom. The van der Waals surface area contributed by atoms with Crippen LogP contribution in [0.5, 0.6) is 0 Å². The van der Waals surface area contributed by atoms with E-state index in [-0.39, 0.29) is 0 Å². The van der Waals surface area contributed by atoms with Crippen molar-refractivity contribution in [2.24, 2.45) is 0 Å². The zero-order valence-corrected chi connectivity index (χ0v) is 13.2. The van der Waals surface area contributed by atoms with Crippen LogP contribution in [0.3, 0.4) is 0 Å². The smallest absolute Gasteiger partial charge is 0.0741 e. The SMILES string of the molecule is Brc1cccc(-c2ccc3c(cnn3-c3ccncc3)c2)c1. The van der Waals surface area contributed by atoms with Crippen molar-refractivity contribution in [1.82, 2.24) is 14.8 Å². The quantitative estimate of drug-likeness (QED) is 0.517. The standard InChI is InChI=1S/C18H12BrN3/c19-16-3-1-2-13(11-16)14-4-5-18-15(10-14)12-21-22(18)17-6-8-20-9-7-17/h1-12H. The molecule has 0 fully saturated rings. The average Bonchev–Trinajstić information content (AvgIpc) is 2.99. The minimum atomic E-state index is 1.01. The Morgan fingerprint density at radius 1 is 0.864 bits per heavy atom. The summed E-state index contributed by atoms with van der Waals surface area (Å²) >= 11 is 3.52. The number of pyridine rings is 1. The van der Waals surface area contributed by atoms with E-state index < -0.39 is 0 Å². The van der Waals surface area contributed by atoms with Crippen molar-refractivity contribution >= 4 is 26.8 Å². The van der Waals surface area contributed by atoms with Gasteiger partial charge >= 0.3 is 0 Å². The molecule has 106 valence electrons. The maximum atomic E-state index is 4.50. The van der Waals surface area contributed by atoms with E-state index in [0.717, 1.165) is 21.1 Å². The first kappa shape index (κ1) is 13.2. The summed E-state index contributed by atoms with van der Waals surface area (Å²) < 4.78 is 3.01. The topological polar surface area (TPSA) is 30.7 Å². The highest BCUT2D eigenvalue weighted by Gasteiger charge is 2.06. The number of fused-ring (bicyclic) bond motifs is 1. The van der Waals surface area contributed by atoms with Gasteiger partial charge in [-0.05, 0) is 47.5 Å². The predicted molar refractivity (Wildman–Crippen MR) is 92.0 cm³/mol. The number of nitrogens with zero attached hydrogens (tertiary/aromatic N) is 3. The van der Waals surface area contributed by atoms with Crippen LogP contribution in [-0.2, 0) is 0 Å². The van der Waals surface area contributed by atoms with Gasteiger partial charge in [0.1, 0.15) is 0 Å². The van der Waals surface area contributed by atoms with Crippen LogP contribution < -0.4 is 0 Å². The molecule has 0 saturated heterocycles. The lowest BCUT2D eigenvalue weighted by atomic mass is 10.0. The Labute approximate surface area is 136 Å². The van der Waals surface area contributed by atoms with Gasteiger partial charge in [0.2, 0.25) is 0 Å². The Bertz CT molecular complexity index is 945. The predicted octanol–water partition coefficient (Wildman–Crippen LogP) is 4.85. The van der Waals surface area contributed by atoms with Crippen LogP contribution in [0.2, 0.25) is 0 Å². The summed E-state index contributed by atoms with van der Waals surface area (Å²) in [4.78, 5) is 4.05. The van der Waals surface area contributed by atoms with Crippen molar-refractivity contribution in [3.05, 3.63) is 77.7 Å². The van der Waals surface area contributed by atoms with Gasteiger partial charge in [-0.25, -0.2) is 4.68 Å². The molecule has 0 aliphatic rings. The van der Waals surface area contributed by atoms with Crippen LogP contribution in [0.15, 0.2) is 77.7 Å². The van der Waals surface area contributed by atoms with Gasteiger partial charge < -0.3 is 0 Å². The molecule has 0 aliphatic heterocycles. The van der Waals surface area contributed by atoms with Crippen LogP contribution >= 0.6 is 15.9 Å². The molecule has 0 unspecified atom stereocenters. The Kier molecular flexibility index (Phi) is 3.24. The molecule has 4 heteroatoms. The number of rotatable bonds is 2. The zero-order chi connectivity index (χ0) is 14.9. The molecule has 2 aromatic heterocycles. The molecular weight excluding hydrogens is 338 g/mol. The first-order valence-electron chi connectivity index (χ1n) is 6.95. The third-order valence-corrected chi connectivity index (χ3v) is 4.13. The van der Waals surface area contributed by atoms with Gasteiger partial charge in [0.15, 0.2) is 0 Å². The van der Waals surface area contributed by atoms with Crippen molar-refractivity contribution in [3.63, 3.8) is 0 Å². The molecule has 3 nitrogen and oxygen atoms in total. The van der Waals surface area contributed by atoms with Crippen LogP contribution in [0.25, 0.3) is 27.7 Å². The Hall–Kier alpha value is -2.46. The summed E-state index contributed by atoms with van der Waals surface area (Å²) in [6, 6.07) is 18.6. The van der Waals surface area contributed by atoms with Gasteiger partial charge in [-0.1, -0.05) is 34.1 Å². The van der Waals surface area contributed by atoms with Gasteiger partial charge in [-0.3, -0.25) is 4.98 Å². The highest BCUT2D eigenvalue weighted by molar-refractivity contribution is 9.10.